The third-order valence-electron chi connectivity index (χ3n) is 4.97. The van der Waals surface area contributed by atoms with Gasteiger partial charge < -0.3 is 0 Å². The summed E-state index contributed by atoms with van der Waals surface area (Å²) in [4.78, 5) is 0. The van der Waals surface area contributed by atoms with Crippen LogP contribution < -0.4 is 0 Å². The molecule has 3 saturated carbocycles. The minimum atomic E-state index is 0.917. The van der Waals surface area contributed by atoms with Crippen molar-refractivity contribution in [2.24, 2.45) is 29.1 Å². The molecule has 0 heteroatoms. The van der Waals surface area contributed by atoms with Gasteiger partial charge >= 0.3 is 0 Å². The van der Waals surface area contributed by atoms with Crippen molar-refractivity contribution in [1.29, 1.82) is 0 Å². The van der Waals surface area contributed by atoms with Crippen LogP contribution in [0.15, 0.2) is 0 Å². The van der Waals surface area contributed by atoms with E-state index in [1.807, 2.05) is 0 Å². The predicted molar refractivity (Wildman–Crippen MR) is 41.6 cm³/mol. The van der Waals surface area contributed by atoms with Crippen LogP contribution in [0.5, 0.6) is 0 Å². The average Bonchev–Trinajstić information content (AvgIpc) is 2.16. The maximum Gasteiger partial charge on any atom is -0.0184 e. The first-order valence-corrected chi connectivity index (χ1v) is 4.78. The van der Waals surface area contributed by atoms with Gasteiger partial charge in [-0.15, -0.1) is 0 Å². The fraction of sp³-hybridized carbons (Fsp3) is 1.00. The van der Waals surface area contributed by atoms with Gasteiger partial charge in [0.05, 0.1) is 0 Å². The monoisotopic (exact) mass is 136 g/mol. The molecule has 0 aromatic heterocycles. The molecule has 3 aliphatic rings. The highest BCUT2D eigenvalue weighted by Gasteiger charge is 2.76. The molecule has 0 saturated heterocycles. The van der Waals surface area contributed by atoms with Gasteiger partial charge in [-0.05, 0) is 48.3 Å². The van der Waals surface area contributed by atoms with Crippen LogP contribution in [0.4, 0.5) is 0 Å². The summed E-state index contributed by atoms with van der Waals surface area (Å²) in [6.07, 6.45) is 4.68. The average molecular weight is 136 g/mol. The second kappa shape index (κ2) is 1.31. The third-order valence-corrected chi connectivity index (χ3v) is 4.97. The molecule has 0 amide bonds. The maximum absolute atomic E-state index is 2.48. The molecule has 0 aromatic carbocycles. The highest BCUT2D eigenvalue weighted by Crippen LogP contribution is 2.82. The van der Waals surface area contributed by atoms with Gasteiger partial charge in [0.2, 0.25) is 0 Å². The zero-order valence-electron chi connectivity index (χ0n) is 6.93. The minimum Gasteiger partial charge on any atom is -0.0619 e. The SMILES string of the molecule is CC1CCC2CC3C(C)C123. The van der Waals surface area contributed by atoms with Gasteiger partial charge in [-0.3, -0.25) is 0 Å². The molecule has 0 bridgehead atoms. The van der Waals surface area contributed by atoms with Crippen LogP contribution in [-0.4, -0.2) is 0 Å². The Morgan fingerprint density at radius 3 is 2.40 bits per heavy atom. The molecule has 10 heavy (non-hydrogen) atoms. The summed E-state index contributed by atoms with van der Waals surface area (Å²) in [7, 11) is 0. The number of rotatable bonds is 0. The summed E-state index contributed by atoms with van der Waals surface area (Å²) in [5, 5.41) is 0. The largest absolute Gasteiger partial charge is 0.0619 e. The Labute approximate surface area is 63.0 Å². The van der Waals surface area contributed by atoms with Crippen LogP contribution in [0.1, 0.15) is 33.1 Å². The Morgan fingerprint density at radius 1 is 1.20 bits per heavy atom. The molecule has 56 valence electrons. The first kappa shape index (κ1) is 5.62. The van der Waals surface area contributed by atoms with E-state index >= 15 is 0 Å². The highest BCUT2D eigenvalue weighted by atomic mass is 14.8. The van der Waals surface area contributed by atoms with Crippen LogP contribution in [0, 0.1) is 29.1 Å². The summed E-state index contributed by atoms with van der Waals surface area (Å²) in [5.41, 5.74) is 0.917. The van der Waals surface area contributed by atoms with Crippen LogP contribution in [0.3, 0.4) is 0 Å². The normalized spacial score (nSPS) is 70.2. The van der Waals surface area contributed by atoms with Crippen molar-refractivity contribution >= 4 is 0 Å². The van der Waals surface area contributed by atoms with E-state index < -0.39 is 0 Å². The molecule has 0 N–H and O–H groups in total. The van der Waals surface area contributed by atoms with E-state index in [2.05, 4.69) is 13.8 Å². The molecule has 1 spiro atoms. The Balaban J connectivity index is 1.99. The van der Waals surface area contributed by atoms with Gasteiger partial charge in [0.1, 0.15) is 0 Å². The van der Waals surface area contributed by atoms with Crippen molar-refractivity contribution < 1.29 is 0 Å². The fourth-order valence-electron chi connectivity index (χ4n) is 4.43. The Kier molecular flexibility index (Phi) is 0.735. The van der Waals surface area contributed by atoms with Gasteiger partial charge in [-0.2, -0.15) is 0 Å². The quantitative estimate of drug-likeness (QED) is 0.480. The molecule has 0 heterocycles. The molecule has 5 atom stereocenters. The summed E-state index contributed by atoms with van der Waals surface area (Å²) >= 11 is 0. The smallest absolute Gasteiger partial charge is 0.0184 e. The highest BCUT2D eigenvalue weighted by molar-refractivity contribution is 5.24. The zero-order valence-corrected chi connectivity index (χ0v) is 6.93. The van der Waals surface area contributed by atoms with Crippen LogP contribution >= 0.6 is 0 Å². The Morgan fingerprint density at radius 2 is 2.00 bits per heavy atom. The summed E-state index contributed by atoms with van der Waals surface area (Å²) < 4.78 is 0. The number of hydrogen-bond donors (Lipinski definition) is 0. The van der Waals surface area contributed by atoms with E-state index in [1.165, 1.54) is 18.3 Å². The molecule has 3 aliphatic carbocycles. The van der Waals surface area contributed by atoms with Gasteiger partial charge in [0.25, 0.3) is 0 Å². The minimum absolute atomic E-state index is 0.917. The lowest BCUT2D eigenvalue weighted by Gasteiger charge is -2.33. The van der Waals surface area contributed by atoms with E-state index in [4.69, 9.17) is 0 Å². The van der Waals surface area contributed by atoms with Crippen molar-refractivity contribution in [3.63, 3.8) is 0 Å². The predicted octanol–water partition coefficient (Wildman–Crippen LogP) is 2.69. The van der Waals surface area contributed by atoms with Crippen LogP contribution in [0.25, 0.3) is 0 Å². The molecular formula is C10H16. The summed E-state index contributed by atoms with van der Waals surface area (Å²) in [5.74, 6) is 4.53. The van der Waals surface area contributed by atoms with Crippen LogP contribution in [0.2, 0.25) is 0 Å². The van der Waals surface area contributed by atoms with Crippen molar-refractivity contribution in [3.05, 3.63) is 0 Å². The molecule has 0 aromatic rings. The molecule has 0 aliphatic heterocycles. The second-order valence-electron chi connectivity index (χ2n) is 4.81. The molecule has 3 fully saturated rings. The van der Waals surface area contributed by atoms with E-state index in [1.54, 1.807) is 12.8 Å². The van der Waals surface area contributed by atoms with E-state index in [9.17, 15) is 0 Å². The standard InChI is InChI=1S/C10H16/c1-6-3-4-8-5-9-7(2)10(6,8)9/h6-9H,3-5H2,1-2H3. The maximum atomic E-state index is 2.48. The molecule has 0 radical (unpaired) electrons. The van der Waals surface area contributed by atoms with Crippen molar-refractivity contribution in [1.82, 2.24) is 0 Å². The zero-order chi connectivity index (χ0) is 6.93. The Bertz CT molecular complexity index is 168. The second-order valence-corrected chi connectivity index (χ2v) is 4.81. The number of hydrogen-bond acceptors (Lipinski definition) is 0. The van der Waals surface area contributed by atoms with E-state index in [0.717, 1.165) is 17.3 Å². The first-order valence-electron chi connectivity index (χ1n) is 4.78. The van der Waals surface area contributed by atoms with Crippen molar-refractivity contribution in [3.8, 4) is 0 Å². The Hall–Kier alpha value is 0. The lowest BCUT2D eigenvalue weighted by molar-refractivity contribution is 0.153. The molecule has 5 unspecified atom stereocenters. The molecular weight excluding hydrogens is 120 g/mol. The van der Waals surface area contributed by atoms with Gasteiger partial charge in [0, 0.05) is 0 Å². The van der Waals surface area contributed by atoms with E-state index in [0.29, 0.717) is 0 Å². The molecule has 0 nitrogen and oxygen atoms in total. The topological polar surface area (TPSA) is 0 Å². The molecule has 3 rings (SSSR count). The lowest BCUT2D eigenvalue weighted by Crippen LogP contribution is -2.27. The van der Waals surface area contributed by atoms with Gasteiger partial charge in [-0.25, -0.2) is 0 Å². The summed E-state index contributed by atoms with van der Waals surface area (Å²) in [6.45, 7) is 4.96. The van der Waals surface area contributed by atoms with Gasteiger partial charge in [0.15, 0.2) is 0 Å². The van der Waals surface area contributed by atoms with Crippen molar-refractivity contribution in [2.75, 3.05) is 0 Å². The van der Waals surface area contributed by atoms with E-state index in [-0.39, 0.29) is 0 Å². The fourth-order valence-corrected chi connectivity index (χ4v) is 4.43. The van der Waals surface area contributed by atoms with Gasteiger partial charge in [-0.1, -0.05) is 13.8 Å². The third kappa shape index (κ3) is 0.320. The summed E-state index contributed by atoms with van der Waals surface area (Å²) in [6, 6.07) is 0. The van der Waals surface area contributed by atoms with Crippen LogP contribution in [-0.2, 0) is 0 Å². The lowest BCUT2D eigenvalue weighted by atomic mass is 9.72. The van der Waals surface area contributed by atoms with Crippen molar-refractivity contribution in [2.45, 2.75) is 33.1 Å². The first-order chi connectivity index (χ1) is 4.78.